The van der Waals surface area contributed by atoms with Crippen LogP contribution in [0.4, 0.5) is 0 Å². The minimum absolute atomic E-state index is 0.175. The Morgan fingerprint density at radius 3 is 2.80 bits per heavy atom. The van der Waals surface area contributed by atoms with Crippen molar-refractivity contribution >= 4 is 5.65 Å². The highest BCUT2D eigenvalue weighted by molar-refractivity contribution is 5.41. The maximum Gasteiger partial charge on any atom is 0.137 e. The van der Waals surface area contributed by atoms with E-state index in [-0.39, 0.29) is 5.54 Å². The molecule has 3 nitrogen and oxygen atoms in total. The fraction of sp³-hybridized carbons (Fsp3) is 0.417. The van der Waals surface area contributed by atoms with Gasteiger partial charge < -0.3 is 10.1 Å². The summed E-state index contributed by atoms with van der Waals surface area (Å²) in [6.07, 6.45) is 8.67. The lowest BCUT2D eigenvalue weighted by Gasteiger charge is -2.20. The van der Waals surface area contributed by atoms with Gasteiger partial charge in [0.05, 0.1) is 11.2 Å². The van der Waals surface area contributed by atoms with Crippen LogP contribution in [0.1, 0.15) is 31.4 Å². The van der Waals surface area contributed by atoms with Crippen molar-refractivity contribution in [3.05, 3.63) is 36.3 Å². The molecular weight excluding hydrogens is 186 g/mol. The van der Waals surface area contributed by atoms with E-state index in [2.05, 4.69) is 11.2 Å². The van der Waals surface area contributed by atoms with E-state index < -0.39 is 0 Å². The molecule has 0 saturated heterocycles. The van der Waals surface area contributed by atoms with Crippen LogP contribution in [0.3, 0.4) is 0 Å². The lowest BCUT2D eigenvalue weighted by Crippen LogP contribution is -2.33. The molecule has 2 aromatic heterocycles. The largest absolute Gasteiger partial charge is 0.320 e. The number of pyridine rings is 1. The average Bonchev–Trinajstić information content (AvgIpc) is 2.84. The van der Waals surface area contributed by atoms with Crippen LogP contribution >= 0.6 is 0 Å². The minimum Gasteiger partial charge on any atom is -0.320 e. The van der Waals surface area contributed by atoms with Crippen LogP contribution in [-0.2, 0) is 5.54 Å². The second-order valence-corrected chi connectivity index (χ2v) is 4.46. The lowest BCUT2D eigenvalue weighted by atomic mass is 9.96. The third kappa shape index (κ3) is 1.35. The smallest absolute Gasteiger partial charge is 0.137 e. The fourth-order valence-corrected chi connectivity index (χ4v) is 2.44. The van der Waals surface area contributed by atoms with Crippen molar-refractivity contribution in [3.8, 4) is 0 Å². The Morgan fingerprint density at radius 2 is 2.07 bits per heavy atom. The van der Waals surface area contributed by atoms with Crippen molar-refractivity contribution in [2.75, 3.05) is 0 Å². The van der Waals surface area contributed by atoms with Crippen molar-refractivity contribution in [2.45, 2.75) is 31.2 Å². The zero-order valence-electron chi connectivity index (χ0n) is 8.69. The zero-order valence-corrected chi connectivity index (χ0v) is 8.69. The van der Waals surface area contributed by atoms with Gasteiger partial charge in [0.25, 0.3) is 0 Å². The second kappa shape index (κ2) is 3.07. The Balaban J connectivity index is 2.11. The van der Waals surface area contributed by atoms with E-state index in [1.807, 2.05) is 28.8 Å². The summed E-state index contributed by atoms with van der Waals surface area (Å²) in [6.45, 7) is 0. The molecule has 15 heavy (non-hydrogen) atoms. The molecule has 1 aliphatic carbocycles. The summed E-state index contributed by atoms with van der Waals surface area (Å²) >= 11 is 0. The van der Waals surface area contributed by atoms with Crippen molar-refractivity contribution in [2.24, 2.45) is 5.73 Å². The Morgan fingerprint density at radius 1 is 1.27 bits per heavy atom. The summed E-state index contributed by atoms with van der Waals surface area (Å²) in [5.41, 5.74) is 8.23. The lowest BCUT2D eigenvalue weighted by molar-refractivity contribution is 0.450. The van der Waals surface area contributed by atoms with Gasteiger partial charge in [-0.25, -0.2) is 4.98 Å². The van der Waals surface area contributed by atoms with E-state index in [0.29, 0.717) is 0 Å². The highest BCUT2D eigenvalue weighted by atomic mass is 15.0. The summed E-state index contributed by atoms with van der Waals surface area (Å²) in [7, 11) is 0. The molecule has 3 rings (SSSR count). The molecule has 0 amide bonds. The number of imidazole rings is 1. The van der Waals surface area contributed by atoms with Crippen LogP contribution in [-0.4, -0.2) is 9.38 Å². The van der Waals surface area contributed by atoms with Gasteiger partial charge in [-0.3, -0.25) is 0 Å². The van der Waals surface area contributed by atoms with E-state index in [0.717, 1.165) is 24.2 Å². The van der Waals surface area contributed by atoms with Gasteiger partial charge in [-0.15, -0.1) is 0 Å². The number of nitrogens with two attached hydrogens (primary N) is 1. The minimum atomic E-state index is -0.175. The molecule has 0 unspecified atom stereocenters. The highest BCUT2D eigenvalue weighted by Crippen LogP contribution is 2.35. The molecule has 1 aliphatic rings. The standard InChI is InChI=1S/C12H15N3/c13-12(6-2-3-7-12)10-9-15-8-4-1-5-11(15)14-10/h1,4-5,8-9H,2-3,6-7,13H2. The molecule has 1 saturated carbocycles. The quantitative estimate of drug-likeness (QED) is 0.767. The molecule has 0 spiro atoms. The van der Waals surface area contributed by atoms with Crippen LogP contribution in [0.5, 0.6) is 0 Å². The molecule has 0 aromatic carbocycles. The van der Waals surface area contributed by atoms with Gasteiger partial charge in [-0.2, -0.15) is 0 Å². The summed E-state index contributed by atoms with van der Waals surface area (Å²) in [6, 6.07) is 6.03. The van der Waals surface area contributed by atoms with Gasteiger partial charge in [-0.1, -0.05) is 18.9 Å². The van der Waals surface area contributed by atoms with Gasteiger partial charge in [-0.05, 0) is 25.0 Å². The molecule has 78 valence electrons. The molecule has 0 radical (unpaired) electrons. The van der Waals surface area contributed by atoms with Crippen molar-refractivity contribution in [1.29, 1.82) is 0 Å². The molecule has 2 aromatic rings. The Kier molecular flexibility index (Phi) is 1.83. The van der Waals surface area contributed by atoms with E-state index in [1.54, 1.807) is 0 Å². The average molecular weight is 201 g/mol. The Labute approximate surface area is 88.9 Å². The first-order valence-corrected chi connectivity index (χ1v) is 5.51. The molecule has 0 bridgehead atoms. The molecule has 0 aliphatic heterocycles. The fourth-order valence-electron chi connectivity index (χ4n) is 2.44. The topological polar surface area (TPSA) is 43.3 Å². The van der Waals surface area contributed by atoms with Gasteiger partial charge in [0.1, 0.15) is 5.65 Å². The van der Waals surface area contributed by atoms with Crippen LogP contribution in [0.25, 0.3) is 5.65 Å². The predicted molar refractivity (Wildman–Crippen MR) is 59.5 cm³/mol. The number of aromatic nitrogens is 2. The third-order valence-corrected chi connectivity index (χ3v) is 3.37. The summed E-state index contributed by atoms with van der Waals surface area (Å²) in [5.74, 6) is 0. The van der Waals surface area contributed by atoms with Gasteiger partial charge in [0, 0.05) is 12.4 Å². The number of hydrogen-bond donors (Lipinski definition) is 1. The molecule has 2 heterocycles. The zero-order chi connectivity index (χ0) is 10.3. The Bertz CT molecular complexity index is 447. The predicted octanol–water partition coefficient (Wildman–Crippen LogP) is 2.06. The number of hydrogen-bond acceptors (Lipinski definition) is 2. The van der Waals surface area contributed by atoms with Crippen molar-refractivity contribution < 1.29 is 0 Å². The van der Waals surface area contributed by atoms with E-state index in [4.69, 9.17) is 5.73 Å². The van der Waals surface area contributed by atoms with Gasteiger partial charge in [0.15, 0.2) is 0 Å². The molecule has 2 N–H and O–H groups in total. The van der Waals surface area contributed by atoms with Crippen LogP contribution in [0.2, 0.25) is 0 Å². The summed E-state index contributed by atoms with van der Waals surface area (Å²) in [5, 5.41) is 0. The normalized spacial score (nSPS) is 19.8. The SMILES string of the molecule is NC1(c2cn3ccccc3n2)CCCC1. The van der Waals surface area contributed by atoms with Gasteiger partial charge >= 0.3 is 0 Å². The molecule has 1 fully saturated rings. The Hall–Kier alpha value is -1.35. The maximum absolute atomic E-state index is 6.37. The first-order valence-electron chi connectivity index (χ1n) is 5.51. The van der Waals surface area contributed by atoms with Crippen molar-refractivity contribution in [3.63, 3.8) is 0 Å². The number of nitrogens with zero attached hydrogens (tertiary/aromatic N) is 2. The number of rotatable bonds is 1. The monoisotopic (exact) mass is 201 g/mol. The summed E-state index contributed by atoms with van der Waals surface area (Å²) in [4.78, 5) is 4.60. The second-order valence-electron chi connectivity index (χ2n) is 4.46. The van der Waals surface area contributed by atoms with E-state index in [9.17, 15) is 0 Å². The number of fused-ring (bicyclic) bond motifs is 1. The van der Waals surface area contributed by atoms with E-state index >= 15 is 0 Å². The van der Waals surface area contributed by atoms with Crippen molar-refractivity contribution in [1.82, 2.24) is 9.38 Å². The van der Waals surface area contributed by atoms with E-state index in [1.165, 1.54) is 12.8 Å². The van der Waals surface area contributed by atoms with Crippen LogP contribution < -0.4 is 5.73 Å². The first-order chi connectivity index (χ1) is 7.28. The third-order valence-electron chi connectivity index (χ3n) is 3.37. The summed E-state index contributed by atoms with van der Waals surface area (Å²) < 4.78 is 2.04. The van der Waals surface area contributed by atoms with Crippen LogP contribution in [0, 0.1) is 0 Å². The highest BCUT2D eigenvalue weighted by Gasteiger charge is 2.33. The van der Waals surface area contributed by atoms with Crippen LogP contribution in [0.15, 0.2) is 30.6 Å². The molecular formula is C12H15N3. The maximum atomic E-state index is 6.37. The van der Waals surface area contributed by atoms with Gasteiger partial charge in [0.2, 0.25) is 0 Å². The first kappa shape index (κ1) is 8.92. The molecule has 0 atom stereocenters. The molecule has 3 heteroatoms.